The van der Waals surface area contributed by atoms with Gasteiger partial charge >= 0.3 is 11.9 Å². The second kappa shape index (κ2) is 12.4. The number of hydrogen-bond donors (Lipinski definition) is 1. The van der Waals surface area contributed by atoms with E-state index in [-0.39, 0.29) is 52.9 Å². The number of methoxy groups -OCH3 is 1. The molecule has 0 saturated heterocycles. The van der Waals surface area contributed by atoms with Crippen LogP contribution in [-0.4, -0.2) is 44.3 Å². The standard InChI is InChI=1S/C30H29NO10/c1-6-37-29(34)22-16(3)40-28(23(22)30(35)38-7-2)31-27(33)17(4)39-26-24(32)20-10-8-9-11-21(20)41-25(26)18-12-14-19(36-5)15-13-18/h8-15,17H,6-7H2,1-5H3,(H,31,33). The lowest BCUT2D eigenvalue weighted by molar-refractivity contribution is -0.122. The Hall–Kier alpha value is -5.06. The maximum absolute atomic E-state index is 13.5. The summed E-state index contributed by atoms with van der Waals surface area (Å²) in [5.41, 5.74) is -0.0763. The van der Waals surface area contributed by atoms with E-state index in [0.29, 0.717) is 16.9 Å². The first kappa shape index (κ1) is 28.9. The molecule has 0 radical (unpaired) electrons. The molecule has 0 aliphatic heterocycles. The molecule has 4 rings (SSSR count). The van der Waals surface area contributed by atoms with Crippen LogP contribution in [-0.2, 0) is 14.3 Å². The Kier molecular flexibility index (Phi) is 8.76. The summed E-state index contributed by atoms with van der Waals surface area (Å²) in [4.78, 5) is 52.0. The SMILES string of the molecule is CCOC(=O)c1c(C)oc(NC(=O)C(C)Oc2c(-c3ccc(OC)cc3)oc3ccccc3c2=O)c1C(=O)OCC. The van der Waals surface area contributed by atoms with Crippen molar-refractivity contribution in [3.8, 4) is 22.8 Å². The first-order valence-corrected chi connectivity index (χ1v) is 12.8. The normalized spacial score (nSPS) is 11.5. The molecule has 0 aliphatic carbocycles. The summed E-state index contributed by atoms with van der Waals surface area (Å²) in [7, 11) is 1.53. The summed E-state index contributed by atoms with van der Waals surface area (Å²) < 4.78 is 32.9. The van der Waals surface area contributed by atoms with Gasteiger partial charge in [-0.15, -0.1) is 0 Å². The summed E-state index contributed by atoms with van der Waals surface area (Å²) >= 11 is 0. The molecular weight excluding hydrogens is 534 g/mol. The third-order valence-electron chi connectivity index (χ3n) is 6.05. The number of rotatable bonds is 10. The Balaban J connectivity index is 1.70. The summed E-state index contributed by atoms with van der Waals surface area (Å²) in [6.07, 6.45) is -1.28. The molecule has 0 aliphatic rings. The molecule has 1 unspecified atom stereocenters. The average Bonchev–Trinajstić information content (AvgIpc) is 3.30. The predicted molar refractivity (Wildman–Crippen MR) is 149 cm³/mol. The molecule has 2 heterocycles. The van der Waals surface area contributed by atoms with E-state index in [2.05, 4.69) is 5.32 Å². The average molecular weight is 564 g/mol. The Morgan fingerprint density at radius 3 is 2.17 bits per heavy atom. The zero-order valence-corrected chi connectivity index (χ0v) is 23.2. The van der Waals surface area contributed by atoms with Crippen LogP contribution in [0.1, 0.15) is 47.2 Å². The molecule has 4 aromatic rings. The van der Waals surface area contributed by atoms with Crippen molar-refractivity contribution < 1.29 is 42.2 Å². The largest absolute Gasteiger partial charge is 0.497 e. The molecular formula is C30H29NO10. The molecule has 2 aromatic heterocycles. The molecule has 1 amide bonds. The van der Waals surface area contributed by atoms with Crippen LogP contribution in [0.25, 0.3) is 22.3 Å². The molecule has 2 aromatic carbocycles. The number of ether oxygens (including phenoxy) is 4. The number of benzene rings is 2. The fraction of sp³-hybridized carbons (Fsp3) is 0.267. The van der Waals surface area contributed by atoms with Gasteiger partial charge in [-0.25, -0.2) is 9.59 Å². The van der Waals surface area contributed by atoms with Crippen LogP contribution < -0.4 is 20.2 Å². The molecule has 1 N–H and O–H groups in total. The highest BCUT2D eigenvalue weighted by Gasteiger charge is 2.33. The van der Waals surface area contributed by atoms with Crippen LogP contribution >= 0.6 is 0 Å². The van der Waals surface area contributed by atoms with Crippen molar-refractivity contribution in [2.75, 3.05) is 25.6 Å². The van der Waals surface area contributed by atoms with Crippen LogP contribution in [0.3, 0.4) is 0 Å². The van der Waals surface area contributed by atoms with Crippen LogP contribution in [0.15, 0.2) is 62.2 Å². The molecule has 214 valence electrons. The Labute approximate surface area is 234 Å². The van der Waals surface area contributed by atoms with Gasteiger partial charge in [0.15, 0.2) is 11.9 Å². The molecule has 0 fully saturated rings. The van der Waals surface area contributed by atoms with E-state index in [1.54, 1.807) is 62.4 Å². The maximum Gasteiger partial charge on any atom is 0.344 e. The summed E-state index contributed by atoms with van der Waals surface area (Å²) in [5, 5.41) is 2.73. The third kappa shape index (κ3) is 5.93. The lowest BCUT2D eigenvalue weighted by Crippen LogP contribution is -2.32. The first-order chi connectivity index (χ1) is 19.7. The van der Waals surface area contributed by atoms with Crippen molar-refractivity contribution in [1.29, 1.82) is 0 Å². The number of furan rings is 1. The summed E-state index contributed by atoms with van der Waals surface area (Å²) in [6.45, 7) is 6.15. The van der Waals surface area contributed by atoms with Crippen LogP contribution in [0.4, 0.5) is 5.88 Å². The zero-order valence-electron chi connectivity index (χ0n) is 23.2. The highest BCUT2D eigenvalue weighted by molar-refractivity contribution is 6.09. The number of fused-ring (bicyclic) bond motifs is 1. The molecule has 1 atom stereocenters. The van der Waals surface area contributed by atoms with E-state index >= 15 is 0 Å². The number of nitrogens with one attached hydrogen (secondary N) is 1. The Bertz CT molecular complexity index is 1650. The van der Waals surface area contributed by atoms with Gasteiger partial charge in [-0.1, -0.05) is 12.1 Å². The number of carbonyl (C=O) groups is 3. The van der Waals surface area contributed by atoms with Crippen LogP contribution in [0, 0.1) is 6.92 Å². The van der Waals surface area contributed by atoms with E-state index in [0.717, 1.165) is 0 Å². The zero-order chi connectivity index (χ0) is 29.7. The molecule has 0 saturated carbocycles. The smallest absolute Gasteiger partial charge is 0.344 e. The Morgan fingerprint density at radius 1 is 0.902 bits per heavy atom. The number of para-hydroxylation sites is 1. The van der Waals surface area contributed by atoms with Gasteiger partial charge in [0, 0.05) is 5.56 Å². The van der Waals surface area contributed by atoms with Gasteiger partial charge in [-0.3, -0.25) is 14.9 Å². The quantitative estimate of drug-likeness (QED) is 0.258. The number of anilines is 1. The lowest BCUT2D eigenvalue weighted by Gasteiger charge is -2.17. The van der Waals surface area contributed by atoms with E-state index in [4.69, 9.17) is 27.8 Å². The molecule has 0 bridgehead atoms. The predicted octanol–water partition coefficient (Wildman–Crippen LogP) is 5.13. The number of carbonyl (C=O) groups excluding carboxylic acids is 3. The summed E-state index contributed by atoms with van der Waals surface area (Å²) in [5.74, 6) is -2.20. The van der Waals surface area contributed by atoms with Gasteiger partial charge < -0.3 is 27.8 Å². The minimum atomic E-state index is -1.28. The van der Waals surface area contributed by atoms with E-state index < -0.39 is 29.4 Å². The highest BCUT2D eigenvalue weighted by Crippen LogP contribution is 2.33. The Morgan fingerprint density at radius 2 is 1.54 bits per heavy atom. The number of hydrogen-bond acceptors (Lipinski definition) is 10. The van der Waals surface area contributed by atoms with Crippen molar-refractivity contribution in [3.63, 3.8) is 0 Å². The fourth-order valence-electron chi connectivity index (χ4n) is 4.09. The minimum absolute atomic E-state index is 0.0180. The van der Waals surface area contributed by atoms with Crippen molar-refractivity contribution in [3.05, 3.63) is 75.6 Å². The van der Waals surface area contributed by atoms with Gasteiger partial charge in [0.05, 0.1) is 25.7 Å². The molecule has 41 heavy (non-hydrogen) atoms. The van der Waals surface area contributed by atoms with Gasteiger partial charge in [0.1, 0.15) is 28.2 Å². The summed E-state index contributed by atoms with van der Waals surface area (Å²) in [6, 6.07) is 13.4. The van der Waals surface area contributed by atoms with E-state index in [9.17, 15) is 19.2 Å². The fourth-order valence-corrected chi connectivity index (χ4v) is 4.09. The monoisotopic (exact) mass is 563 g/mol. The third-order valence-corrected chi connectivity index (χ3v) is 6.05. The maximum atomic E-state index is 13.5. The molecule has 11 nitrogen and oxygen atoms in total. The van der Waals surface area contributed by atoms with Gasteiger partial charge in [-0.05, 0) is 64.1 Å². The highest BCUT2D eigenvalue weighted by atomic mass is 16.5. The second-order valence-electron chi connectivity index (χ2n) is 8.74. The number of esters is 2. The van der Waals surface area contributed by atoms with Gasteiger partial charge in [0.2, 0.25) is 17.1 Å². The van der Waals surface area contributed by atoms with Crippen molar-refractivity contribution in [2.24, 2.45) is 0 Å². The van der Waals surface area contributed by atoms with Crippen LogP contribution in [0.5, 0.6) is 11.5 Å². The minimum Gasteiger partial charge on any atom is -0.497 e. The van der Waals surface area contributed by atoms with Crippen molar-refractivity contribution >= 4 is 34.7 Å². The van der Waals surface area contributed by atoms with E-state index in [1.165, 1.54) is 21.0 Å². The van der Waals surface area contributed by atoms with Crippen LogP contribution in [0.2, 0.25) is 0 Å². The topological polar surface area (TPSA) is 144 Å². The van der Waals surface area contributed by atoms with Gasteiger partial charge in [-0.2, -0.15) is 0 Å². The van der Waals surface area contributed by atoms with Crippen molar-refractivity contribution in [2.45, 2.75) is 33.8 Å². The van der Waals surface area contributed by atoms with Gasteiger partial charge in [0.25, 0.3) is 5.91 Å². The lowest BCUT2D eigenvalue weighted by atomic mass is 10.1. The van der Waals surface area contributed by atoms with E-state index in [1.807, 2.05) is 0 Å². The second-order valence-corrected chi connectivity index (χ2v) is 8.74. The number of amides is 1. The number of aryl methyl sites for hydroxylation is 1. The molecule has 0 spiro atoms. The first-order valence-electron chi connectivity index (χ1n) is 12.8. The van der Waals surface area contributed by atoms with Crippen molar-refractivity contribution in [1.82, 2.24) is 0 Å². The molecule has 11 heteroatoms.